The average Bonchev–Trinajstić information content (AvgIpc) is 3.09. The summed E-state index contributed by atoms with van der Waals surface area (Å²) in [5.41, 5.74) is 9.41. The van der Waals surface area contributed by atoms with Crippen LogP contribution in [0.1, 0.15) is 16.2 Å². The Morgan fingerprint density at radius 3 is 2.95 bits per heavy atom. The summed E-state index contributed by atoms with van der Waals surface area (Å²) in [5.74, 6) is 0.535. The quantitative estimate of drug-likeness (QED) is 0.529. The largest absolute Gasteiger partial charge is 0.399 e. The number of nitrogens with one attached hydrogen (secondary N) is 1. The monoisotopic (exact) mass is 290 g/mol. The average molecular weight is 290 g/mol. The molecule has 0 atom stereocenters. The number of aromatic nitrogens is 3. The summed E-state index contributed by atoms with van der Waals surface area (Å²) >= 11 is 0. The number of aromatic amines is 1. The van der Waals surface area contributed by atoms with Gasteiger partial charge in [-0.05, 0) is 37.3 Å². The first-order valence-corrected chi connectivity index (χ1v) is 7.00. The fourth-order valence-electron chi connectivity index (χ4n) is 2.85. The number of nitrogens with zero attached hydrogens (tertiary/aromatic N) is 2. The minimum atomic E-state index is -0.112. The van der Waals surface area contributed by atoms with E-state index in [0.717, 1.165) is 21.9 Å². The van der Waals surface area contributed by atoms with E-state index in [0.29, 0.717) is 17.1 Å². The van der Waals surface area contributed by atoms with Crippen molar-refractivity contribution in [2.75, 3.05) is 5.73 Å². The van der Waals surface area contributed by atoms with Crippen LogP contribution in [-0.2, 0) is 0 Å². The van der Waals surface area contributed by atoms with Gasteiger partial charge < -0.3 is 10.7 Å². The smallest absolute Gasteiger partial charge is 0.265 e. The number of H-pyrrole nitrogens is 1. The fourth-order valence-corrected chi connectivity index (χ4v) is 2.85. The molecule has 0 saturated carbocycles. The first-order chi connectivity index (χ1) is 10.6. The van der Waals surface area contributed by atoms with E-state index in [1.807, 2.05) is 43.5 Å². The summed E-state index contributed by atoms with van der Waals surface area (Å²) in [6, 6.07) is 13.0. The van der Waals surface area contributed by atoms with Crippen molar-refractivity contribution >= 4 is 33.5 Å². The van der Waals surface area contributed by atoms with Gasteiger partial charge in [-0.1, -0.05) is 12.1 Å². The molecule has 2 aromatic carbocycles. The predicted molar refractivity (Wildman–Crippen MR) is 86.9 cm³/mol. The van der Waals surface area contributed by atoms with Crippen LogP contribution in [0.4, 0.5) is 5.69 Å². The van der Waals surface area contributed by atoms with Gasteiger partial charge in [0.15, 0.2) is 0 Å². The molecule has 0 aliphatic rings. The second-order valence-electron chi connectivity index (χ2n) is 5.30. The van der Waals surface area contributed by atoms with Gasteiger partial charge in [-0.3, -0.25) is 9.36 Å². The van der Waals surface area contributed by atoms with Crippen molar-refractivity contribution in [3.63, 3.8) is 0 Å². The summed E-state index contributed by atoms with van der Waals surface area (Å²) in [4.78, 5) is 20.6. The highest BCUT2D eigenvalue weighted by atomic mass is 16.2. The number of hydrogen-bond donors (Lipinski definition) is 2. The van der Waals surface area contributed by atoms with Crippen LogP contribution >= 0.6 is 0 Å². The third kappa shape index (κ3) is 1.72. The molecule has 4 rings (SSSR count). The standard InChI is InChI=1S/C17H14N4O/c1-10-20-14-6-5-12(18)9-15(14)21(10)17(22)13-4-2-3-11-7-8-19-16(11)13/h2-9,19H,18H2,1H3. The van der Waals surface area contributed by atoms with E-state index in [1.165, 1.54) is 0 Å². The number of nitrogens with two attached hydrogens (primary N) is 1. The number of benzene rings is 2. The van der Waals surface area contributed by atoms with Crippen LogP contribution in [0.25, 0.3) is 21.9 Å². The Kier molecular flexibility index (Phi) is 2.56. The minimum absolute atomic E-state index is 0.112. The zero-order chi connectivity index (χ0) is 15.3. The maximum absolute atomic E-state index is 13.0. The van der Waals surface area contributed by atoms with Crippen molar-refractivity contribution in [2.45, 2.75) is 6.92 Å². The molecule has 2 aromatic heterocycles. The molecule has 0 bridgehead atoms. The molecule has 0 fully saturated rings. The van der Waals surface area contributed by atoms with Gasteiger partial charge in [-0.15, -0.1) is 0 Å². The van der Waals surface area contributed by atoms with Crippen molar-refractivity contribution in [2.24, 2.45) is 0 Å². The SMILES string of the molecule is Cc1nc2ccc(N)cc2n1C(=O)c1cccc2cc[nH]c12. The summed E-state index contributed by atoms with van der Waals surface area (Å²) in [5, 5.41) is 1.01. The van der Waals surface area contributed by atoms with Gasteiger partial charge in [0.2, 0.25) is 0 Å². The summed E-state index contributed by atoms with van der Waals surface area (Å²) in [6.07, 6.45) is 1.83. The Morgan fingerprint density at radius 2 is 2.09 bits per heavy atom. The Hall–Kier alpha value is -3.08. The highest BCUT2D eigenvalue weighted by Gasteiger charge is 2.18. The summed E-state index contributed by atoms with van der Waals surface area (Å²) < 4.78 is 1.61. The first-order valence-electron chi connectivity index (χ1n) is 7.00. The summed E-state index contributed by atoms with van der Waals surface area (Å²) in [6.45, 7) is 1.82. The number of fused-ring (bicyclic) bond motifs is 2. The number of rotatable bonds is 1. The molecule has 3 N–H and O–H groups in total. The van der Waals surface area contributed by atoms with Crippen LogP contribution in [0.3, 0.4) is 0 Å². The highest BCUT2D eigenvalue weighted by molar-refractivity contribution is 6.09. The van der Waals surface area contributed by atoms with E-state index in [9.17, 15) is 4.79 Å². The van der Waals surface area contributed by atoms with E-state index < -0.39 is 0 Å². The maximum atomic E-state index is 13.0. The van der Waals surface area contributed by atoms with E-state index in [2.05, 4.69) is 9.97 Å². The second-order valence-corrected chi connectivity index (χ2v) is 5.30. The predicted octanol–water partition coefficient (Wildman–Crippen LogP) is 3.10. The van der Waals surface area contributed by atoms with Crippen LogP contribution in [-0.4, -0.2) is 20.4 Å². The normalized spacial score (nSPS) is 11.3. The molecule has 0 radical (unpaired) electrons. The lowest BCUT2D eigenvalue weighted by Gasteiger charge is -2.07. The number of hydrogen-bond acceptors (Lipinski definition) is 3. The third-order valence-corrected chi connectivity index (χ3v) is 3.87. The lowest BCUT2D eigenvalue weighted by atomic mass is 10.1. The molecular weight excluding hydrogens is 276 g/mol. The van der Waals surface area contributed by atoms with Crippen LogP contribution in [0.5, 0.6) is 0 Å². The van der Waals surface area contributed by atoms with Crippen molar-refractivity contribution in [3.8, 4) is 0 Å². The number of anilines is 1. The van der Waals surface area contributed by atoms with Gasteiger partial charge in [0.1, 0.15) is 5.82 Å². The maximum Gasteiger partial charge on any atom is 0.265 e. The molecule has 0 amide bonds. The molecule has 4 aromatic rings. The van der Waals surface area contributed by atoms with Gasteiger partial charge in [0.05, 0.1) is 22.1 Å². The van der Waals surface area contributed by atoms with E-state index in [-0.39, 0.29) is 5.91 Å². The Labute approximate surface area is 126 Å². The zero-order valence-electron chi connectivity index (χ0n) is 12.0. The van der Waals surface area contributed by atoms with Crippen LogP contribution in [0, 0.1) is 6.92 Å². The van der Waals surface area contributed by atoms with Gasteiger partial charge >= 0.3 is 0 Å². The number of aryl methyl sites for hydroxylation is 1. The van der Waals surface area contributed by atoms with Crippen LogP contribution in [0.2, 0.25) is 0 Å². The van der Waals surface area contributed by atoms with Crippen molar-refractivity contribution in [3.05, 3.63) is 60.0 Å². The van der Waals surface area contributed by atoms with Crippen LogP contribution in [0.15, 0.2) is 48.7 Å². The van der Waals surface area contributed by atoms with Crippen molar-refractivity contribution in [1.29, 1.82) is 0 Å². The lowest BCUT2D eigenvalue weighted by Crippen LogP contribution is -2.14. The number of carbonyl (C=O) groups excluding carboxylic acids is 1. The molecule has 5 heteroatoms. The van der Waals surface area contributed by atoms with Crippen molar-refractivity contribution < 1.29 is 4.79 Å². The minimum Gasteiger partial charge on any atom is -0.399 e. The molecule has 0 unspecified atom stereocenters. The Balaban J connectivity index is 1.99. The van der Waals surface area contributed by atoms with Crippen LogP contribution < -0.4 is 5.73 Å². The van der Waals surface area contributed by atoms with Gasteiger partial charge in [0.25, 0.3) is 5.91 Å². The van der Waals surface area contributed by atoms with Gasteiger partial charge in [-0.25, -0.2) is 4.98 Å². The molecule has 0 aliphatic carbocycles. The summed E-state index contributed by atoms with van der Waals surface area (Å²) in [7, 11) is 0. The molecule has 108 valence electrons. The number of imidazole rings is 1. The highest BCUT2D eigenvalue weighted by Crippen LogP contribution is 2.23. The van der Waals surface area contributed by atoms with Gasteiger partial charge in [0, 0.05) is 17.3 Å². The van der Waals surface area contributed by atoms with E-state index >= 15 is 0 Å². The molecule has 22 heavy (non-hydrogen) atoms. The molecule has 0 spiro atoms. The zero-order valence-corrected chi connectivity index (χ0v) is 12.0. The molecule has 0 saturated heterocycles. The first kappa shape index (κ1) is 12.6. The number of carbonyl (C=O) groups is 1. The number of nitrogen functional groups attached to an aromatic ring is 1. The number of para-hydroxylation sites is 1. The van der Waals surface area contributed by atoms with E-state index in [4.69, 9.17) is 5.73 Å². The second kappa shape index (κ2) is 4.46. The van der Waals surface area contributed by atoms with Crippen molar-refractivity contribution in [1.82, 2.24) is 14.5 Å². The van der Waals surface area contributed by atoms with E-state index in [1.54, 1.807) is 16.7 Å². The molecule has 2 heterocycles. The molecular formula is C17H14N4O. The Bertz CT molecular complexity index is 1030. The lowest BCUT2D eigenvalue weighted by molar-refractivity contribution is 0.0964. The molecule has 0 aliphatic heterocycles. The third-order valence-electron chi connectivity index (χ3n) is 3.87. The topological polar surface area (TPSA) is 76.7 Å². The fraction of sp³-hybridized carbons (Fsp3) is 0.0588. The molecule has 5 nitrogen and oxygen atoms in total. The Morgan fingerprint density at radius 1 is 1.23 bits per heavy atom. The van der Waals surface area contributed by atoms with Gasteiger partial charge in [-0.2, -0.15) is 0 Å².